The molecule has 142 valence electrons. The molecule has 3 heterocycles. The number of imidazole rings is 1. The summed E-state index contributed by atoms with van der Waals surface area (Å²) in [6.07, 6.45) is 4.79. The number of fused-ring (bicyclic) bond motifs is 1. The maximum absolute atomic E-state index is 12.5. The fourth-order valence-corrected chi connectivity index (χ4v) is 3.18. The van der Waals surface area contributed by atoms with E-state index in [4.69, 9.17) is 0 Å². The first-order valence-corrected chi connectivity index (χ1v) is 8.99. The maximum Gasteiger partial charge on any atom is 0.272 e. The van der Waals surface area contributed by atoms with Crippen molar-refractivity contribution in [1.82, 2.24) is 24.9 Å². The summed E-state index contributed by atoms with van der Waals surface area (Å²) in [5.41, 5.74) is 2.29. The van der Waals surface area contributed by atoms with Crippen molar-refractivity contribution in [3.63, 3.8) is 0 Å². The quantitative estimate of drug-likeness (QED) is 0.423. The fraction of sp³-hybridized carbons (Fsp3) is 0.190. The summed E-state index contributed by atoms with van der Waals surface area (Å²) < 4.78 is 0. The molecule has 7 heteroatoms. The third kappa shape index (κ3) is 3.34. The van der Waals surface area contributed by atoms with Gasteiger partial charge >= 0.3 is 0 Å². The molecule has 0 amide bonds. The summed E-state index contributed by atoms with van der Waals surface area (Å²) in [5.74, 6) is 0. The summed E-state index contributed by atoms with van der Waals surface area (Å²) in [5, 5.41) is 1.38. The number of hydrogen-bond donors (Lipinski definition) is 4. The van der Waals surface area contributed by atoms with Crippen LogP contribution in [0, 0.1) is 0 Å². The Morgan fingerprint density at radius 2 is 1.61 bits per heavy atom. The second kappa shape index (κ2) is 6.53. The molecular weight excluding hydrogens is 354 g/mol. The SMILES string of the molecule is CC(C)(C)c1[nH]cnc1/C=c1\[nH]c(=O)/c(=C/c2cc3ccccc3[nH]2)[nH]c1=O. The normalized spacial score (nSPS) is 13.5. The zero-order valence-corrected chi connectivity index (χ0v) is 15.9. The Labute approximate surface area is 159 Å². The molecule has 0 saturated heterocycles. The van der Waals surface area contributed by atoms with Gasteiger partial charge in [-0.25, -0.2) is 4.98 Å². The molecule has 0 spiro atoms. The van der Waals surface area contributed by atoms with E-state index < -0.39 is 0 Å². The van der Waals surface area contributed by atoms with Crippen molar-refractivity contribution in [2.24, 2.45) is 0 Å². The maximum atomic E-state index is 12.5. The molecule has 7 nitrogen and oxygen atoms in total. The minimum absolute atomic E-state index is 0.163. The van der Waals surface area contributed by atoms with Gasteiger partial charge in [-0.2, -0.15) is 0 Å². The van der Waals surface area contributed by atoms with E-state index in [0.29, 0.717) is 5.69 Å². The van der Waals surface area contributed by atoms with Crippen molar-refractivity contribution in [2.45, 2.75) is 26.2 Å². The van der Waals surface area contributed by atoms with E-state index in [1.165, 1.54) is 0 Å². The van der Waals surface area contributed by atoms with Gasteiger partial charge in [0.2, 0.25) is 0 Å². The molecule has 0 atom stereocenters. The molecular formula is C21H21N5O2. The highest BCUT2D eigenvalue weighted by atomic mass is 16.1. The van der Waals surface area contributed by atoms with Crippen LogP contribution in [0.5, 0.6) is 0 Å². The molecule has 0 unspecified atom stereocenters. The lowest BCUT2D eigenvalue weighted by molar-refractivity contribution is 0.571. The molecule has 0 radical (unpaired) electrons. The number of hydrogen-bond acceptors (Lipinski definition) is 3. The predicted molar refractivity (Wildman–Crippen MR) is 110 cm³/mol. The molecule has 0 saturated carbocycles. The summed E-state index contributed by atoms with van der Waals surface area (Å²) in [7, 11) is 0. The Balaban J connectivity index is 1.83. The van der Waals surface area contributed by atoms with Gasteiger partial charge in [0.05, 0.1) is 12.0 Å². The Morgan fingerprint density at radius 1 is 0.929 bits per heavy atom. The monoisotopic (exact) mass is 375 g/mol. The molecule has 0 aliphatic heterocycles. The average molecular weight is 375 g/mol. The topological polar surface area (TPSA) is 110 Å². The first kappa shape index (κ1) is 17.8. The number of para-hydroxylation sites is 1. The van der Waals surface area contributed by atoms with Crippen LogP contribution in [0.1, 0.15) is 37.9 Å². The van der Waals surface area contributed by atoms with Crippen molar-refractivity contribution < 1.29 is 0 Å². The smallest absolute Gasteiger partial charge is 0.272 e. The molecule has 0 bridgehead atoms. The minimum atomic E-state index is -0.384. The molecule has 4 N–H and O–H groups in total. The van der Waals surface area contributed by atoms with Gasteiger partial charge in [-0.1, -0.05) is 39.0 Å². The Kier molecular flexibility index (Phi) is 4.15. The third-order valence-corrected chi connectivity index (χ3v) is 4.54. The van der Waals surface area contributed by atoms with E-state index >= 15 is 0 Å². The van der Waals surface area contributed by atoms with Gasteiger partial charge in [-0.05, 0) is 29.7 Å². The van der Waals surface area contributed by atoms with Crippen LogP contribution < -0.4 is 21.8 Å². The van der Waals surface area contributed by atoms with Crippen molar-refractivity contribution in [3.8, 4) is 0 Å². The van der Waals surface area contributed by atoms with Gasteiger partial charge in [0, 0.05) is 22.3 Å². The van der Waals surface area contributed by atoms with E-state index in [2.05, 4.69) is 24.9 Å². The lowest BCUT2D eigenvalue weighted by Gasteiger charge is -2.16. The number of rotatable bonds is 2. The number of benzene rings is 1. The number of H-pyrrole nitrogens is 4. The van der Waals surface area contributed by atoms with Crippen LogP contribution in [0.15, 0.2) is 46.2 Å². The third-order valence-electron chi connectivity index (χ3n) is 4.54. The molecule has 4 aromatic rings. The van der Waals surface area contributed by atoms with Gasteiger partial charge in [-0.3, -0.25) is 9.59 Å². The van der Waals surface area contributed by atoms with Gasteiger partial charge in [0.15, 0.2) is 0 Å². The summed E-state index contributed by atoms with van der Waals surface area (Å²) >= 11 is 0. The van der Waals surface area contributed by atoms with Crippen LogP contribution in [0.3, 0.4) is 0 Å². The van der Waals surface area contributed by atoms with Crippen LogP contribution in [0.25, 0.3) is 23.1 Å². The van der Waals surface area contributed by atoms with Crippen molar-refractivity contribution >= 4 is 23.1 Å². The number of aromatic amines is 4. The molecule has 1 aromatic carbocycles. The first-order chi connectivity index (χ1) is 13.3. The lowest BCUT2D eigenvalue weighted by atomic mass is 9.90. The molecule has 0 fully saturated rings. The van der Waals surface area contributed by atoms with E-state index in [9.17, 15) is 9.59 Å². The van der Waals surface area contributed by atoms with E-state index in [1.54, 1.807) is 18.5 Å². The standard InChI is InChI=1S/C21H21N5O2/c1-21(2,3)18-15(22-11-23-18)10-17-20(28)25-16(19(27)26-17)9-13-8-12-6-4-5-7-14(12)24-13/h4-11,24H,1-3H3,(H,22,23)(H,25,28)(H,26,27)/b16-9-,17-10-. The number of nitrogens with zero attached hydrogens (tertiary/aromatic N) is 1. The average Bonchev–Trinajstić information content (AvgIpc) is 3.25. The second-order valence-electron chi connectivity index (χ2n) is 7.75. The fourth-order valence-electron chi connectivity index (χ4n) is 3.18. The summed E-state index contributed by atoms with van der Waals surface area (Å²) in [6.45, 7) is 6.13. The highest BCUT2D eigenvalue weighted by Gasteiger charge is 2.19. The van der Waals surface area contributed by atoms with Crippen LogP contribution in [0.2, 0.25) is 0 Å². The van der Waals surface area contributed by atoms with Crippen molar-refractivity contribution in [1.29, 1.82) is 0 Å². The minimum Gasteiger partial charge on any atom is -0.355 e. The molecule has 3 aromatic heterocycles. The Morgan fingerprint density at radius 3 is 2.29 bits per heavy atom. The highest BCUT2D eigenvalue weighted by Crippen LogP contribution is 2.22. The second-order valence-corrected chi connectivity index (χ2v) is 7.75. The van der Waals surface area contributed by atoms with Crippen molar-refractivity contribution in [3.05, 3.63) is 85.1 Å². The van der Waals surface area contributed by atoms with Crippen LogP contribution in [0.4, 0.5) is 0 Å². The van der Waals surface area contributed by atoms with Crippen LogP contribution in [-0.4, -0.2) is 24.9 Å². The molecule has 28 heavy (non-hydrogen) atoms. The van der Waals surface area contributed by atoms with Gasteiger partial charge in [-0.15, -0.1) is 0 Å². The Bertz CT molecular complexity index is 1360. The largest absolute Gasteiger partial charge is 0.355 e. The highest BCUT2D eigenvalue weighted by molar-refractivity contribution is 5.82. The molecule has 4 rings (SSSR count). The first-order valence-electron chi connectivity index (χ1n) is 8.99. The van der Waals surface area contributed by atoms with E-state index in [0.717, 1.165) is 22.3 Å². The number of aromatic nitrogens is 5. The lowest BCUT2D eigenvalue weighted by Crippen LogP contribution is -2.46. The van der Waals surface area contributed by atoms with Gasteiger partial charge in [0.25, 0.3) is 11.1 Å². The zero-order chi connectivity index (χ0) is 19.9. The molecule has 0 aliphatic carbocycles. The van der Waals surface area contributed by atoms with E-state index in [1.807, 2.05) is 51.1 Å². The summed E-state index contributed by atoms with van der Waals surface area (Å²) in [4.78, 5) is 40.9. The van der Waals surface area contributed by atoms with E-state index in [-0.39, 0.29) is 27.2 Å². The van der Waals surface area contributed by atoms with Crippen molar-refractivity contribution in [2.75, 3.05) is 0 Å². The summed E-state index contributed by atoms with van der Waals surface area (Å²) in [6, 6.07) is 9.73. The Hall–Kier alpha value is -3.61. The van der Waals surface area contributed by atoms with Gasteiger partial charge in [0.1, 0.15) is 10.7 Å². The van der Waals surface area contributed by atoms with Crippen LogP contribution >= 0.6 is 0 Å². The zero-order valence-electron chi connectivity index (χ0n) is 15.9. The van der Waals surface area contributed by atoms with Gasteiger partial charge < -0.3 is 19.9 Å². The van der Waals surface area contributed by atoms with Crippen LogP contribution in [-0.2, 0) is 5.41 Å². The number of nitrogens with one attached hydrogen (secondary N) is 4. The predicted octanol–water partition coefficient (Wildman–Crippen LogP) is 1.22. The molecule has 0 aliphatic rings.